The van der Waals surface area contributed by atoms with Gasteiger partial charge in [0.2, 0.25) is 0 Å². The number of rotatable bonds is 0. The van der Waals surface area contributed by atoms with Crippen LogP contribution >= 0.6 is 9.64 Å². The Kier molecular flexibility index (Phi) is 9.69. The molecule has 0 spiro atoms. The van der Waals surface area contributed by atoms with Crippen LogP contribution in [-0.2, 0) is 0 Å². The van der Waals surface area contributed by atoms with Gasteiger partial charge in [-0.25, -0.2) is 0 Å². The molecule has 24 unspecified atom stereocenters. The average molecular weight is 872 g/mol. The van der Waals surface area contributed by atoms with Crippen molar-refractivity contribution < 1.29 is 0 Å². The van der Waals surface area contributed by atoms with Gasteiger partial charge in [0.25, 0.3) is 0 Å². The molecule has 6 N–H and O–H groups in total. The molecule has 14 fully saturated rings. The number of nitrogens with zero attached hydrogens (tertiary/aromatic N) is 2. The van der Waals surface area contributed by atoms with Crippen molar-refractivity contribution in [3.8, 4) is 0 Å². The fourth-order valence-electron chi connectivity index (χ4n) is 19.9. The summed E-state index contributed by atoms with van der Waals surface area (Å²) in [7, 11) is 8.76. The summed E-state index contributed by atoms with van der Waals surface area (Å²) in [5, 5.41) is 27.7. The van der Waals surface area contributed by atoms with E-state index in [4.69, 9.17) is 9.64 Å². The first-order valence-corrected chi connectivity index (χ1v) is 31.7. The molecule has 0 amide bonds. The molecule has 8 aliphatic carbocycles. The van der Waals surface area contributed by atoms with Gasteiger partial charge in [-0.3, -0.25) is 0 Å². The van der Waals surface area contributed by atoms with Crippen molar-refractivity contribution in [2.75, 3.05) is 0 Å². The van der Waals surface area contributed by atoms with E-state index in [-0.39, 0.29) is 0 Å². The number of nitrogens with one attached hydrogen (secondary N) is 6. The zero-order chi connectivity index (χ0) is 37.8. The summed E-state index contributed by atoms with van der Waals surface area (Å²) < 4.78 is 6.30. The molecule has 8 nitrogen and oxygen atoms in total. The summed E-state index contributed by atoms with van der Waals surface area (Å²) in [6, 6.07) is 0. The first kappa shape index (κ1) is 37.9. The summed E-state index contributed by atoms with van der Waals surface area (Å²) in [5.41, 5.74) is 0. The standard InChI is InChI=1S/C48H78N8.ClH.Ga/c1-2-10-26-18-34-33(17-25(26)9-1)41-49-42(34)54-44-37-21-29-13-5-6-14-30(29)22-38(37)46(51-44)56-48-40-24-32-16-8-7-15-31(32)23-39(40)47(52-48)55-45-36-20-28-12-4-3-11-27(28)19-35(36)43(50-45)53-41;;/h25-49,52-56H,1-24H2;1H;/q-2;;+3/p-1. The van der Waals surface area contributed by atoms with E-state index in [1.807, 2.05) is 0 Å². The van der Waals surface area contributed by atoms with E-state index in [0.29, 0.717) is 73.0 Å². The molecule has 6 heterocycles. The van der Waals surface area contributed by atoms with Crippen LogP contribution in [0, 0.1) is 94.7 Å². The van der Waals surface area contributed by atoms with Gasteiger partial charge in [-0.1, -0.05) is 0 Å². The Morgan fingerprint density at radius 3 is 0.724 bits per heavy atom. The fourth-order valence-corrected chi connectivity index (χ4v) is 27.8. The minimum atomic E-state index is -2.88. The SMILES string of the molecule is [Cl][Ga]1[N]2C3NC4NC(NC5C6CC7CCCCC7CC6C(NC6NC(NC2C2CC7CCCCC7CC23)C2CC3CCCCC3CC62)[N]51)C1CC2CCCCC2CC41. The van der Waals surface area contributed by atoms with E-state index in [1.54, 1.807) is 0 Å². The number of fused-ring (bicyclic) bond motifs is 20. The Labute approximate surface area is 360 Å². The molecule has 8 saturated carbocycles. The Morgan fingerprint density at radius 2 is 0.500 bits per heavy atom. The van der Waals surface area contributed by atoms with Crippen molar-refractivity contribution in [2.24, 2.45) is 94.7 Å². The second kappa shape index (κ2) is 14.8. The summed E-state index contributed by atoms with van der Waals surface area (Å²) in [4.78, 5) is 0. The molecule has 0 aromatic rings. The van der Waals surface area contributed by atoms with Gasteiger partial charge in [-0.15, -0.1) is 0 Å². The molecular weight excluding hydrogens is 794 g/mol. The Bertz CT molecular complexity index is 1340. The second-order valence-electron chi connectivity index (χ2n) is 24.3. The molecule has 58 heavy (non-hydrogen) atoms. The predicted octanol–water partition coefficient (Wildman–Crippen LogP) is 7.37. The Morgan fingerprint density at radius 1 is 0.293 bits per heavy atom. The van der Waals surface area contributed by atoms with E-state index in [2.05, 4.69) is 39.1 Å². The van der Waals surface area contributed by atoms with Crippen LogP contribution in [-0.4, -0.2) is 72.2 Å². The van der Waals surface area contributed by atoms with E-state index < -0.39 is 15.7 Å². The zero-order valence-electron chi connectivity index (χ0n) is 35.7. The zero-order valence-corrected chi connectivity index (χ0v) is 38.9. The van der Waals surface area contributed by atoms with Gasteiger partial charge in [0.15, 0.2) is 0 Å². The number of hydrogen-bond acceptors (Lipinski definition) is 8. The van der Waals surface area contributed by atoms with Gasteiger partial charge >= 0.3 is 363 Å². The molecule has 6 bridgehead atoms. The average Bonchev–Trinajstić information content (AvgIpc) is 3.95. The van der Waals surface area contributed by atoms with Crippen LogP contribution in [0.2, 0.25) is 0 Å². The monoisotopic (exact) mass is 871 g/mol. The molecule has 10 heteroatoms. The van der Waals surface area contributed by atoms with Gasteiger partial charge < -0.3 is 0 Å². The summed E-state index contributed by atoms with van der Waals surface area (Å²) >= 11 is -2.88. The minimum absolute atomic E-state index is 0.403. The van der Waals surface area contributed by atoms with Gasteiger partial charge in [0.05, 0.1) is 0 Å². The molecule has 0 aromatic carbocycles. The maximum absolute atomic E-state index is 8.76. The van der Waals surface area contributed by atoms with Crippen LogP contribution in [0.3, 0.4) is 0 Å². The third-order valence-electron chi connectivity index (χ3n) is 22.3. The maximum atomic E-state index is 8.76. The number of halogens is 1. The number of hydrogen-bond donors (Lipinski definition) is 6. The molecule has 0 radical (unpaired) electrons. The van der Waals surface area contributed by atoms with Crippen LogP contribution in [0.4, 0.5) is 0 Å². The molecule has 6 saturated heterocycles. The molecular formula is C48H78ClGaN8. The van der Waals surface area contributed by atoms with Crippen LogP contribution in [0.1, 0.15) is 154 Å². The molecule has 6 aliphatic heterocycles. The van der Waals surface area contributed by atoms with Crippen LogP contribution in [0.5, 0.6) is 0 Å². The van der Waals surface area contributed by atoms with Crippen molar-refractivity contribution in [2.45, 2.75) is 203 Å². The first-order valence-electron chi connectivity index (χ1n) is 26.4. The second-order valence-corrected chi connectivity index (χ2v) is 30.1. The fraction of sp³-hybridized carbons (Fsp3) is 1.00. The van der Waals surface area contributed by atoms with Gasteiger partial charge in [0, 0.05) is 0 Å². The third kappa shape index (κ3) is 5.87. The van der Waals surface area contributed by atoms with Crippen molar-refractivity contribution in [3.05, 3.63) is 0 Å². The van der Waals surface area contributed by atoms with E-state index in [1.165, 1.54) is 154 Å². The van der Waals surface area contributed by atoms with Gasteiger partial charge in [-0.2, -0.15) is 0 Å². The van der Waals surface area contributed by atoms with Crippen molar-refractivity contribution in [3.63, 3.8) is 0 Å². The first-order chi connectivity index (χ1) is 28.6. The Hall–Kier alpha value is 0.606. The predicted molar refractivity (Wildman–Crippen MR) is 231 cm³/mol. The quantitative estimate of drug-likeness (QED) is 0.141. The Balaban J connectivity index is 0.908. The van der Waals surface area contributed by atoms with Crippen LogP contribution in [0.25, 0.3) is 0 Å². The van der Waals surface area contributed by atoms with E-state index >= 15 is 0 Å². The van der Waals surface area contributed by atoms with E-state index in [0.717, 1.165) is 71.0 Å². The van der Waals surface area contributed by atoms with Gasteiger partial charge in [-0.05, 0) is 0 Å². The topological polar surface area (TPSA) is 78.7 Å². The molecule has 320 valence electrons. The van der Waals surface area contributed by atoms with Crippen molar-refractivity contribution in [1.82, 2.24) is 39.1 Å². The molecule has 14 aliphatic rings. The summed E-state index contributed by atoms with van der Waals surface area (Å²) in [6.45, 7) is 0. The normalized spacial score (nSPS) is 59.6. The summed E-state index contributed by atoms with van der Waals surface area (Å²) in [6.07, 6.45) is 38.4. The summed E-state index contributed by atoms with van der Waals surface area (Å²) in [5.74, 6) is 13.3. The van der Waals surface area contributed by atoms with Crippen LogP contribution in [0.15, 0.2) is 0 Å². The van der Waals surface area contributed by atoms with E-state index in [9.17, 15) is 0 Å². The van der Waals surface area contributed by atoms with Crippen molar-refractivity contribution in [1.29, 1.82) is 0 Å². The van der Waals surface area contributed by atoms with Crippen LogP contribution < -0.4 is 31.9 Å². The van der Waals surface area contributed by atoms with Gasteiger partial charge in [0.1, 0.15) is 0 Å². The molecule has 0 aromatic heterocycles. The third-order valence-corrected chi connectivity index (χ3v) is 29.4. The molecule has 24 atom stereocenters. The van der Waals surface area contributed by atoms with Crippen molar-refractivity contribution >= 4 is 25.3 Å². The molecule has 14 rings (SSSR count).